The Morgan fingerprint density at radius 1 is 0.971 bits per heavy atom. The van der Waals surface area contributed by atoms with Gasteiger partial charge in [-0.15, -0.1) is 0 Å². The number of carbonyl (C=O) groups excluding carboxylic acids is 1. The summed E-state index contributed by atoms with van der Waals surface area (Å²) in [5.74, 6) is 0.165. The summed E-state index contributed by atoms with van der Waals surface area (Å²) in [7, 11) is -2.99. The summed E-state index contributed by atoms with van der Waals surface area (Å²) in [6.07, 6.45) is -0.204. The molecule has 0 saturated carbocycles. The number of hydrogen-bond donors (Lipinski definition) is 1. The van der Waals surface area contributed by atoms with Gasteiger partial charge in [-0.2, -0.15) is 0 Å². The molecule has 1 amide bonds. The standard InChI is InChI=1S/C27H31IN2O3Si/c1-26(2,3)34(20-12-8-6-9-13-20,21-14-10-7-11-15-21)33-23-24(31)30(25(32)27(23,4)5)22-17-16-19(28)18-29-22/h6-18,23,25,32H,1-5H3. The zero-order valence-corrected chi connectivity index (χ0v) is 23.4. The van der Waals surface area contributed by atoms with Gasteiger partial charge in [-0.3, -0.25) is 9.69 Å². The van der Waals surface area contributed by atoms with Crippen LogP contribution in [0.1, 0.15) is 34.6 Å². The van der Waals surface area contributed by atoms with E-state index in [4.69, 9.17) is 4.43 Å². The van der Waals surface area contributed by atoms with Crippen LogP contribution in [0.3, 0.4) is 0 Å². The lowest BCUT2D eigenvalue weighted by Gasteiger charge is -2.46. The lowest BCUT2D eigenvalue weighted by Crippen LogP contribution is -2.69. The largest absolute Gasteiger partial charge is 0.395 e. The Morgan fingerprint density at radius 3 is 1.94 bits per heavy atom. The van der Waals surface area contributed by atoms with E-state index in [9.17, 15) is 9.90 Å². The highest BCUT2D eigenvalue weighted by Crippen LogP contribution is 2.45. The zero-order valence-electron chi connectivity index (χ0n) is 20.2. The molecule has 1 aliphatic heterocycles. The van der Waals surface area contributed by atoms with Crippen molar-refractivity contribution in [2.75, 3.05) is 4.90 Å². The van der Waals surface area contributed by atoms with Crippen molar-refractivity contribution in [3.8, 4) is 0 Å². The van der Waals surface area contributed by atoms with Crippen LogP contribution in [0.15, 0.2) is 79.0 Å². The van der Waals surface area contributed by atoms with Gasteiger partial charge in [0.15, 0.2) is 0 Å². The number of halogens is 1. The molecule has 0 bridgehead atoms. The molecule has 2 heterocycles. The van der Waals surface area contributed by atoms with Crippen molar-refractivity contribution in [1.82, 2.24) is 4.98 Å². The molecule has 1 aromatic heterocycles. The van der Waals surface area contributed by atoms with Crippen LogP contribution in [0, 0.1) is 8.99 Å². The van der Waals surface area contributed by atoms with Crippen LogP contribution in [0.25, 0.3) is 0 Å². The van der Waals surface area contributed by atoms with Gasteiger partial charge in [0.1, 0.15) is 18.1 Å². The zero-order chi connectivity index (χ0) is 24.7. The SMILES string of the molecule is CC1(C)C(O[Si](c2ccccc2)(c2ccccc2)C(C)(C)C)C(=O)N(c2ccc(I)cn2)C1O. The predicted octanol–water partition coefficient (Wildman–Crippen LogP) is 4.32. The van der Waals surface area contributed by atoms with Crippen LogP contribution < -0.4 is 15.3 Å². The molecule has 2 aromatic carbocycles. The molecular weight excluding hydrogens is 555 g/mol. The summed E-state index contributed by atoms with van der Waals surface area (Å²) in [6, 6.07) is 24.1. The van der Waals surface area contributed by atoms with Crippen LogP contribution in [0.5, 0.6) is 0 Å². The maximum absolute atomic E-state index is 13.9. The van der Waals surface area contributed by atoms with Crippen molar-refractivity contribution < 1.29 is 14.3 Å². The number of aromatic nitrogens is 1. The Bertz CT molecular complexity index is 1110. The number of nitrogens with zero attached hydrogens (tertiary/aromatic N) is 2. The molecule has 0 spiro atoms. The van der Waals surface area contributed by atoms with Gasteiger partial charge in [-0.05, 0) is 50.1 Å². The Morgan fingerprint density at radius 2 is 1.50 bits per heavy atom. The first-order chi connectivity index (χ1) is 16.0. The van der Waals surface area contributed by atoms with Crippen LogP contribution >= 0.6 is 22.6 Å². The second-order valence-electron chi connectivity index (χ2n) is 10.4. The molecule has 4 rings (SSSR count). The molecule has 0 radical (unpaired) electrons. The van der Waals surface area contributed by atoms with E-state index in [-0.39, 0.29) is 10.9 Å². The number of anilines is 1. The summed E-state index contributed by atoms with van der Waals surface area (Å²) >= 11 is 2.17. The van der Waals surface area contributed by atoms with Gasteiger partial charge in [0.05, 0.1) is 0 Å². The second-order valence-corrected chi connectivity index (χ2v) is 15.9. The summed E-state index contributed by atoms with van der Waals surface area (Å²) in [6.45, 7) is 10.3. The van der Waals surface area contributed by atoms with E-state index >= 15 is 0 Å². The summed E-state index contributed by atoms with van der Waals surface area (Å²) in [5.41, 5.74) is -0.852. The smallest absolute Gasteiger partial charge is 0.262 e. The predicted molar refractivity (Wildman–Crippen MR) is 147 cm³/mol. The van der Waals surface area contributed by atoms with Crippen molar-refractivity contribution in [2.24, 2.45) is 5.41 Å². The molecule has 1 fully saturated rings. The average Bonchev–Trinajstić information content (AvgIpc) is 2.97. The van der Waals surface area contributed by atoms with E-state index < -0.39 is 26.1 Å². The molecule has 0 aliphatic carbocycles. The second kappa shape index (κ2) is 9.18. The van der Waals surface area contributed by atoms with Gasteiger partial charge in [0.2, 0.25) is 0 Å². The Hall–Kier alpha value is -2.07. The van der Waals surface area contributed by atoms with Crippen LogP contribution in [0.2, 0.25) is 5.04 Å². The van der Waals surface area contributed by atoms with Crippen molar-refractivity contribution in [3.63, 3.8) is 0 Å². The maximum Gasteiger partial charge on any atom is 0.262 e. The summed E-state index contributed by atoms with van der Waals surface area (Å²) in [5, 5.41) is 13.2. The lowest BCUT2D eigenvalue weighted by atomic mass is 9.88. The number of benzene rings is 2. The van der Waals surface area contributed by atoms with E-state index in [1.54, 1.807) is 12.3 Å². The highest BCUT2D eigenvalue weighted by atomic mass is 127. The molecular formula is C27H31IN2O3Si. The van der Waals surface area contributed by atoms with E-state index in [0.717, 1.165) is 13.9 Å². The summed E-state index contributed by atoms with van der Waals surface area (Å²) in [4.78, 5) is 19.7. The first-order valence-corrected chi connectivity index (χ1v) is 14.4. The van der Waals surface area contributed by atoms with E-state index in [1.165, 1.54) is 4.90 Å². The fraction of sp³-hybridized carbons (Fsp3) is 0.333. The molecule has 3 aromatic rings. The third-order valence-electron chi connectivity index (χ3n) is 6.72. The van der Waals surface area contributed by atoms with Crippen LogP contribution in [-0.4, -0.2) is 36.6 Å². The number of rotatable bonds is 5. The van der Waals surface area contributed by atoms with Crippen LogP contribution in [0.4, 0.5) is 5.82 Å². The maximum atomic E-state index is 13.9. The van der Waals surface area contributed by atoms with E-state index in [2.05, 4.69) is 72.6 Å². The van der Waals surface area contributed by atoms with Crippen LogP contribution in [-0.2, 0) is 9.22 Å². The molecule has 1 aliphatic rings. The fourth-order valence-electron chi connectivity index (χ4n) is 4.85. The molecule has 34 heavy (non-hydrogen) atoms. The van der Waals surface area contributed by atoms with Gasteiger partial charge < -0.3 is 9.53 Å². The van der Waals surface area contributed by atoms with Gasteiger partial charge in [0.25, 0.3) is 14.2 Å². The molecule has 5 nitrogen and oxygen atoms in total. The van der Waals surface area contributed by atoms with E-state index in [1.807, 2.05) is 56.3 Å². The van der Waals surface area contributed by atoms with Crippen molar-refractivity contribution in [3.05, 3.63) is 82.6 Å². The Kier molecular flexibility index (Phi) is 6.76. The number of amides is 1. The average molecular weight is 587 g/mol. The minimum Gasteiger partial charge on any atom is -0.395 e. The molecule has 2 atom stereocenters. The number of pyridine rings is 1. The molecule has 1 N–H and O–H groups in total. The van der Waals surface area contributed by atoms with E-state index in [0.29, 0.717) is 5.82 Å². The topological polar surface area (TPSA) is 62.7 Å². The first-order valence-electron chi connectivity index (χ1n) is 11.4. The number of aliphatic hydroxyl groups is 1. The highest BCUT2D eigenvalue weighted by Gasteiger charge is 2.60. The summed E-state index contributed by atoms with van der Waals surface area (Å²) < 4.78 is 8.13. The molecule has 2 unspecified atom stereocenters. The fourth-order valence-corrected chi connectivity index (χ4v) is 9.94. The normalized spacial score (nSPS) is 20.6. The number of aliphatic hydroxyl groups excluding tert-OH is 1. The number of carbonyl (C=O) groups is 1. The van der Waals surface area contributed by atoms with Gasteiger partial charge in [-0.1, -0.05) is 95.3 Å². The monoisotopic (exact) mass is 586 g/mol. The minimum absolute atomic E-state index is 0.265. The Labute approximate surface area is 216 Å². The first kappa shape index (κ1) is 25.0. The van der Waals surface area contributed by atoms with Gasteiger partial charge in [-0.25, -0.2) is 4.98 Å². The Balaban J connectivity index is 1.87. The van der Waals surface area contributed by atoms with Gasteiger partial charge in [0, 0.05) is 15.2 Å². The van der Waals surface area contributed by atoms with Crippen molar-refractivity contribution in [1.29, 1.82) is 0 Å². The van der Waals surface area contributed by atoms with Crippen molar-refractivity contribution in [2.45, 2.75) is 52.0 Å². The molecule has 178 valence electrons. The third kappa shape index (κ3) is 4.12. The van der Waals surface area contributed by atoms with Gasteiger partial charge >= 0.3 is 0 Å². The lowest BCUT2D eigenvalue weighted by molar-refractivity contribution is -0.125. The quantitative estimate of drug-likeness (QED) is 0.358. The third-order valence-corrected chi connectivity index (χ3v) is 12.4. The minimum atomic E-state index is -2.99. The van der Waals surface area contributed by atoms with Crippen molar-refractivity contribution >= 4 is 53.0 Å². The molecule has 7 heteroatoms. The highest BCUT2D eigenvalue weighted by molar-refractivity contribution is 14.1. The molecule has 1 saturated heterocycles. The number of hydrogen-bond acceptors (Lipinski definition) is 4.